The molecule has 0 saturated carbocycles. The summed E-state index contributed by atoms with van der Waals surface area (Å²) in [6.45, 7) is 3.45. The third-order valence-corrected chi connectivity index (χ3v) is 6.22. The summed E-state index contributed by atoms with van der Waals surface area (Å²) >= 11 is 6.67. The molecule has 100 valence electrons. The van der Waals surface area contributed by atoms with Gasteiger partial charge in [-0.3, -0.25) is 0 Å². The minimum atomic E-state index is -3.48. The summed E-state index contributed by atoms with van der Waals surface area (Å²) < 4.78 is 28.7. The van der Waals surface area contributed by atoms with Gasteiger partial charge in [-0.25, -0.2) is 13.1 Å². The fourth-order valence-electron chi connectivity index (χ4n) is 1.87. The molecular weight excluding hydrogens is 384 g/mol. The molecule has 1 aliphatic heterocycles. The first-order valence-electron chi connectivity index (χ1n) is 5.59. The summed E-state index contributed by atoms with van der Waals surface area (Å²) in [5.41, 5.74) is 0.989. The van der Waals surface area contributed by atoms with Gasteiger partial charge in [-0.2, -0.15) is 0 Å². The summed E-state index contributed by atoms with van der Waals surface area (Å²) in [6.07, 6.45) is 0.823. The van der Waals surface area contributed by atoms with Crippen molar-refractivity contribution in [3.8, 4) is 0 Å². The molecular formula is C11H14Br2N2O2S. The number of benzene rings is 1. The van der Waals surface area contributed by atoms with E-state index in [9.17, 15) is 8.42 Å². The molecule has 2 rings (SSSR count). The molecule has 1 fully saturated rings. The van der Waals surface area contributed by atoms with E-state index in [-0.39, 0.29) is 10.9 Å². The zero-order valence-corrected chi connectivity index (χ0v) is 13.8. The smallest absolute Gasteiger partial charge is 0.242 e. The second-order valence-corrected chi connectivity index (χ2v) is 7.73. The molecule has 1 aromatic carbocycles. The molecule has 7 heteroatoms. The predicted molar refractivity (Wildman–Crippen MR) is 78.2 cm³/mol. The Morgan fingerprint density at radius 1 is 1.33 bits per heavy atom. The highest BCUT2D eigenvalue weighted by molar-refractivity contribution is 9.11. The van der Waals surface area contributed by atoms with Crippen LogP contribution in [0.5, 0.6) is 0 Å². The zero-order chi connectivity index (χ0) is 13.3. The first kappa shape index (κ1) is 14.5. The van der Waals surface area contributed by atoms with Crippen LogP contribution >= 0.6 is 31.9 Å². The van der Waals surface area contributed by atoms with Crippen molar-refractivity contribution in [1.29, 1.82) is 0 Å². The molecule has 18 heavy (non-hydrogen) atoms. The maximum Gasteiger partial charge on any atom is 0.242 e. The molecule has 0 bridgehead atoms. The molecule has 1 heterocycles. The Bertz CT molecular complexity index is 554. The van der Waals surface area contributed by atoms with Gasteiger partial charge in [0.2, 0.25) is 10.0 Å². The van der Waals surface area contributed by atoms with Crippen molar-refractivity contribution in [3.63, 3.8) is 0 Å². The number of hydrogen-bond donors (Lipinski definition) is 2. The fourth-order valence-corrected chi connectivity index (χ4v) is 4.82. The average molecular weight is 398 g/mol. The third-order valence-electron chi connectivity index (χ3n) is 2.88. The van der Waals surface area contributed by atoms with Gasteiger partial charge in [0, 0.05) is 21.5 Å². The first-order valence-corrected chi connectivity index (χ1v) is 8.66. The van der Waals surface area contributed by atoms with E-state index < -0.39 is 10.0 Å². The molecule has 1 aliphatic rings. The van der Waals surface area contributed by atoms with E-state index in [4.69, 9.17) is 0 Å². The van der Waals surface area contributed by atoms with Crippen LogP contribution in [0.4, 0.5) is 0 Å². The second kappa shape index (κ2) is 5.58. The predicted octanol–water partition coefficient (Wildman–Crippen LogP) is 2.16. The first-order chi connectivity index (χ1) is 8.40. The lowest BCUT2D eigenvalue weighted by Crippen LogP contribution is -2.36. The number of sulfonamides is 1. The van der Waals surface area contributed by atoms with Gasteiger partial charge >= 0.3 is 0 Å². The van der Waals surface area contributed by atoms with Crippen LogP contribution in [0, 0.1) is 6.92 Å². The number of nitrogens with one attached hydrogen (secondary N) is 2. The van der Waals surface area contributed by atoms with Crippen LogP contribution in [0.2, 0.25) is 0 Å². The van der Waals surface area contributed by atoms with E-state index in [2.05, 4.69) is 41.9 Å². The molecule has 2 N–H and O–H groups in total. The van der Waals surface area contributed by atoms with Gasteiger partial charge in [0.1, 0.15) is 0 Å². The molecule has 1 saturated heterocycles. The Balaban J connectivity index is 2.31. The van der Waals surface area contributed by atoms with Crippen LogP contribution in [0.3, 0.4) is 0 Å². The standard InChI is InChI=1S/C11H14Br2N2O2S/c1-7-4-10(13)11(5-9(7)12)18(16,17)15-8-2-3-14-6-8/h4-5,8,14-15H,2-3,6H2,1H3/t8-/m1/s1. The quantitative estimate of drug-likeness (QED) is 0.821. The minimum Gasteiger partial charge on any atom is -0.315 e. The van der Waals surface area contributed by atoms with Gasteiger partial charge in [0.05, 0.1) is 4.90 Å². The highest BCUT2D eigenvalue weighted by Gasteiger charge is 2.24. The van der Waals surface area contributed by atoms with Gasteiger partial charge in [-0.05, 0) is 53.5 Å². The Labute approximate surface area is 124 Å². The van der Waals surface area contributed by atoms with Crippen molar-refractivity contribution in [2.75, 3.05) is 13.1 Å². The van der Waals surface area contributed by atoms with E-state index in [1.165, 1.54) is 0 Å². The molecule has 0 unspecified atom stereocenters. The molecule has 0 aromatic heterocycles. The molecule has 0 spiro atoms. The maximum atomic E-state index is 12.3. The van der Waals surface area contributed by atoms with Gasteiger partial charge in [0.15, 0.2) is 0 Å². The van der Waals surface area contributed by atoms with Crippen molar-refractivity contribution in [2.45, 2.75) is 24.3 Å². The topological polar surface area (TPSA) is 58.2 Å². The Kier molecular flexibility index (Phi) is 4.48. The van der Waals surface area contributed by atoms with Crippen molar-refractivity contribution in [2.24, 2.45) is 0 Å². The summed E-state index contributed by atoms with van der Waals surface area (Å²) in [5, 5.41) is 3.13. The number of aryl methyl sites for hydroxylation is 1. The summed E-state index contributed by atoms with van der Waals surface area (Å²) in [6, 6.07) is 3.40. The summed E-state index contributed by atoms with van der Waals surface area (Å²) in [4.78, 5) is 0.270. The molecule has 4 nitrogen and oxygen atoms in total. The normalized spacial score (nSPS) is 20.3. The van der Waals surface area contributed by atoms with Crippen LogP contribution in [-0.2, 0) is 10.0 Å². The van der Waals surface area contributed by atoms with Gasteiger partial charge < -0.3 is 5.32 Å². The third kappa shape index (κ3) is 3.14. The van der Waals surface area contributed by atoms with E-state index in [0.29, 0.717) is 11.0 Å². The summed E-state index contributed by atoms with van der Waals surface area (Å²) in [7, 11) is -3.48. The van der Waals surface area contributed by atoms with E-state index in [0.717, 1.165) is 23.0 Å². The zero-order valence-electron chi connectivity index (χ0n) is 9.83. The van der Waals surface area contributed by atoms with Crippen LogP contribution in [0.1, 0.15) is 12.0 Å². The number of halogens is 2. The average Bonchev–Trinajstić information content (AvgIpc) is 2.75. The van der Waals surface area contributed by atoms with Crippen LogP contribution < -0.4 is 10.0 Å². The largest absolute Gasteiger partial charge is 0.315 e. The summed E-state index contributed by atoms with van der Waals surface area (Å²) in [5.74, 6) is 0. The Morgan fingerprint density at radius 3 is 2.67 bits per heavy atom. The van der Waals surface area contributed by atoms with E-state index in [1.54, 1.807) is 12.1 Å². The highest BCUT2D eigenvalue weighted by atomic mass is 79.9. The second-order valence-electron chi connectivity index (χ2n) is 4.34. The lowest BCUT2D eigenvalue weighted by Gasteiger charge is -2.14. The SMILES string of the molecule is Cc1cc(Br)c(S(=O)(=O)N[C@@H]2CCNC2)cc1Br. The Hall–Kier alpha value is 0.0500. The number of rotatable bonds is 3. The van der Waals surface area contributed by atoms with Crippen molar-refractivity contribution >= 4 is 41.9 Å². The van der Waals surface area contributed by atoms with Crippen molar-refractivity contribution in [1.82, 2.24) is 10.0 Å². The lowest BCUT2D eigenvalue weighted by atomic mass is 10.2. The fraction of sp³-hybridized carbons (Fsp3) is 0.455. The van der Waals surface area contributed by atoms with Crippen LogP contribution in [0.25, 0.3) is 0 Å². The highest BCUT2D eigenvalue weighted by Crippen LogP contribution is 2.29. The maximum absolute atomic E-state index is 12.3. The van der Waals surface area contributed by atoms with Crippen LogP contribution in [-0.4, -0.2) is 27.5 Å². The lowest BCUT2D eigenvalue weighted by molar-refractivity contribution is 0.559. The van der Waals surface area contributed by atoms with Crippen molar-refractivity contribution < 1.29 is 8.42 Å². The van der Waals surface area contributed by atoms with Crippen molar-refractivity contribution in [3.05, 3.63) is 26.6 Å². The minimum absolute atomic E-state index is 0.0259. The van der Waals surface area contributed by atoms with Gasteiger partial charge in [0.25, 0.3) is 0 Å². The molecule has 0 aliphatic carbocycles. The Morgan fingerprint density at radius 2 is 2.06 bits per heavy atom. The van der Waals surface area contributed by atoms with E-state index in [1.807, 2.05) is 6.92 Å². The molecule has 0 radical (unpaired) electrons. The van der Waals surface area contributed by atoms with Gasteiger partial charge in [-0.1, -0.05) is 15.9 Å². The number of hydrogen-bond acceptors (Lipinski definition) is 3. The molecule has 1 aromatic rings. The van der Waals surface area contributed by atoms with Gasteiger partial charge in [-0.15, -0.1) is 0 Å². The monoisotopic (exact) mass is 396 g/mol. The molecule has 1 atom stereocenters. The molecule has 0 amide bonds. The van der Waals surface area contributed by atoms with Crippen LogP contribution in [0.15, 0.2) is 26.0 Å². The van der Waals surface area contributed by atoms with E-state index >= 15 is 0 Å².